The van der Waals surface area contributed by atoms with E-state index in [0.717, 1.165) is 16.7 Å². The van der Waals surface area contributed by atoms with Gasteiger partial charge in [0.15, 0.2) is 0 Å². The van der Waals surface area contributed by atoms with Crippen LogP contribution in [0.15, 0.2) is 71.1 Å². The molecule has 0 spiro atoms. The summed E-state index contributed by atoms with van der Waals surface area (Å²) in [6, 6.07) is 15.6. The molecule has 146 valence electrons. The number of carbonyl (C=O) groups excluding carboxylic acids is 1. The molecule has 1 amide bonds. The minimum Gasteiger partial charge on any atom is -0.340 e. The van der Waals surface area contributed by atoms with Gasteiger partial charge in [-0.1, -0.05) is 42.5 Å². The Balaban J connectivity index is 1.59. The molecule has 0 aliphatic rings. The number of likely N-dealkylation sites (N-methyl/N-ethyl adjacent to an activating group) is 1. The maximum absolute atomic E-state index is 13.1. The highest BCUT2D eigenvalue weighted by molar-refractivity contribution is 7.17. The molecule has 0 bridgehead atoms. The second kappa shape index (κ2) is 7.97. The van der Waals surface area contributed by atoms with Gasteiger partial charge in [-0.3, -0.25) is 14.2 Å². The van der Waals surface area contributed by atoms with E-state index < -0.39 is 0 Å². The summed E-state index contributed by atoms with van der Waals surface area (Å²) in [5.41, 5.74) is 2.34. The van der Waals surface area contributed by atoms with Crippen molar-refractivity contribution in [3.63, 3.8) is 0 Å². The van der Waals surface area contributed by atoms with Crippen LogP contribution in [0.4, 0.5) is 4.39 Å². The molecule has 2 aromatic carbocycles. The van der Waals surface area contributed by atoms with Crippen LogP contribution in [0.25, 0.3) is 21.3 Å². The molecule has 0 fully saturated rings. The van der Waals surface area contributed by atoms with Gasteiger partial charge in [-0.25, -0.2) is 9.37 Å². The average Bonchev–Trinajstić information content (AvgIpc) is 3.17. The Bertz CT molecular complexity index is 1220. The number of nitrogens with zero attached hydrogens (tertiary/aromatic N) is 3. The number of fused-ring (bicyclic) bond motifs is 1. The fourth-order valence-electron chi connectivity index (χ4n) is 3.13. The minimum absolute atomic E-state index is 0.108. The first kappa shape index (κ1) is 19.0. The number of rotatable bonds is 5. The molecule has 0 saturated heterocycles. The van der Waals surface area contributed by atoms with Crippen molar-refractivity contribution in [3.8, 4) is 11.1 Å². The van der Waals surface area contributed by atoms with Crippen LogP contribution < -0.4 is 5.56 Å². The molecule has 0 aliphatic heterocycles. The number of hydrogen-bond acceptors (Lipinski definition) is 4. The van der Waals surface area contributed by atoms with E-state index in [1.54, 1.807) is 19.2 Å². The van der Waals surface area contributed by atoms with Crippen LogP contribution in [0.1, 0.15) is 5.56 Å². The molecule has 4 rings (SSSR count). The Morgan fingerprint density at radius 2 is 1.86 bits per heavy atom. The highest BCUT2D eigenvalue weighted by Crippen LogP contribution is 2.30. The van der Waals surface area contributed by atoms with Crippen molar-refractivity contribution in [2.45, 2.75) is 13.1 Å². The van der Waals surface area contributed by atoms with Gasteiger partial charge < -0.3 is 4.90 Å². The lowest BCUT2D eigenvalue weighted by atomic mass is 10.1. The third-order valence-electron chi connectivity index (χ3n) is 4.71. The number of amides is 1. The molecule has 2 aromatic heterocycles. The van der Waals surface area contributed by atoms with Gasteiger partial charge in [-0.05, 0) is 23.3 Å². The van der Waals surface area contributed by atoms with E-state index in [1.165, 1.54) is 39.3 Å². The van der Waals surface area contributed by atoms with Gasteiger partial charge in [0.25, 0.3) is 5.56 Å². The first-order chi connectivity index (χ1) is 14.0. The minimum atomic E-state index is -0.321. The predicted octanol–water partition coefficient (Wildman–Crippen LogP) is 3.92. The Morgan fingerprint density at radius 1 is 1.14 bits per heavy atom. The zero-order chi connectivity index (χ0) is 20.4. The maximum Gasteiger partial charge on any atom is 0.263 e. The average molecular weight is 407 g/mol. The van der Waals surface area contributed by atoms with Gasteiger partial charge in [0.1, 0.15) is 17.2 Å². The molecule has 0 unspecified atom stereocenters. The SMILES string of the molecule is CN(Cc1ccc(F)cc1)C(=O)Cn1cnc2scc(-c3ccccc3)c2c1=O. The number of carbonyl (C=O) groups is 1. The van der Waals surface area contributed by atoms with Crippen molar-refractivity contribution in [1.82, 2.24) is 14.5 Å². The summed E-state index contributed by atoms with van der Waals surface area (Å²) in [6.07, 6.45) is 1.42. The molecular formula is C22H18FN3O2S. The van der Waals surface area contributed by atoms with Crippen molar-refractivity contribution in [2.75, 3.05) is 7.05 Å². The Morgan fingerprint density at radius 3 is 2.59 bits per heavy atom. The molecular weight excluding hydrogens is 389 g/mol. The highest BCUT2D eigenvalue weighted by atomic mass is 32.1. The highest BCUT2D eigenvalue weighted by Gasteiger charge is 2.16. The quantitative estimate of drug-likeness (QED) is 0.504. The van der Waals surface area contributed by atoms with Crippen molar-refractivity contribution in [2.24, 2.45) is 0 Å². The lowest BCUT2D eigenvalue weighted by molar-refractivity contribution is -0.131. The summed E-state index contributed by atoms with van der Waals surface area (Å²) in [5, 5.41) is 2.44. The first-order valence-corrected chi connectivity index (χ1v) is 9.91. The smallest absolute Gasteiger partial charge is 0.263 e. The molecule has 2 heterocycles. The zero-order valence-corrected chi connectivity index (χ0v) is 16.5. The summed E-state index contributed by atoms with van der Waals surface area (Å²) in [4.78, 5) is 32.2. The van der Waals surface area contributed by atoms with Crippen LogP contribution in [0, 0.1) is 5.82 Å². The molecule has 0 N–H and O–H groups in total. The number of aromatic nitrogens is 2. The van der Waals surface area contributed by atoms with E-state index in [0.29, 0.717) is 16.8 Å². The number of benzene rings is 2. The predicted molar refractivity (Wildman–Crippen MR) is 112 cm³/mol. The summed E-state index contributed by atoms with van der Waals surface area (Å²) in [7, 11) is 1.66. The third-order valence-corrected chi connectivity index (χ3v) is 5.60. The number of halogens is 1. The topological polar surface area (TPSA) is 55.2 Å². The second-order valence-corrected chi connectivity index (χ2v) is 7.61. The molecule has 0 saturated carbocycles. The van der Waals surface area contributed by atoms with Crippen LogP contribution in [0.5, 0.6) is 0 Å². The Hall–Kier alpha value is -3.32. The molecule has 0 radical (unpaired) electrons. The van der Waals surface area contributed by atoms with Crippen molar-refractivity contribution < 1.29 is 9.18 Å². The zero-order valence-electron chi connectivity index (χ0n) is 15.7. The van der Waals surface area contributed by atoms with E-state index in [1.807, 2.05) is 35.7 Å². The summed E-state index contributed by atoms with van der Waals surface area (Å²) in [5.74, 6) is -0.548. The normalized spacial score (nSPS) is 11.0. The Kier molecular flexibility index (Phi) is 5.22. The van der Waals surface area contributed by atoms with Crippen LogP contribution in [0.3, 0.4) is 0 Å². The Labute approximate surface area is 170 Å². The lowest BCUT2D eigenvalue weighted by Crippen LogP contribution is -2.33. The summed E-state index contributed by atoms with van der Waals surface area (Å²) < 4.78 is 14.4. The molecule has 5 nitrogen and oxygen atoms in total. The van der Waals surface area contributed by atoms with Gasteiger partial charge >= 0.3 is 0 Å². The fourth-order valence-corrected chi connectivity index (χ4v) is 4.04. The maximum atomic E-state index is 13.1. The van der Waals surface area contributed by atoms with Crippen LogP contribution in [-0.4, -0.2) is 27.4 Å². The van der Waals surface area contributed by atoms with Crippen LogP contribution in [-0.2, 0) is 17.9 Å². The summed E-state index contributed by atoms with van der Waals surface area (Å²) >= 11 is 1.41. The van der Waals surface area contributed by atoms with Crippen molar-refractivity contribution >= 4 is 27.5 Å². The molecule has 4 aromatic rings. The van der Waals surface area contributed by atoms with E-state index in [-0.39, 0.29) is 23.8 Å². The molecule has 0 atom stereocenters. The monoisotopic (exact) mass is 407 g/mol. The standard InChI is InChI=1S/C22H18FN3O2S/c1-25(11-15-7-9-17(23)10-8-15)19(27)12-26-14-24-21-20(22(26)28)18(13-29-21)16-5-3-2-4-6-16/h2-10,13-14H,11-12H2,1H3. The van der Waals surface area contributed by atoms with Gasteiger partial charge in [0, 0.05) is 24.5 Å². The van der Waals surface area contributed by atoms with Crippen molar-refractivity contribution in [3.05, 3.63) is 88.0 Å². The van der Waals surface area contributed by atoms with Gasteiger partial charge in [0.2, 0.25) is 5.91 Å². The van der Waals surface area contributed by atoms with Gasteiger partial charge in [0.05, 0.1) is 11.7 Å². The van der Waals surface area contributed by atoms with E-state index in [9.17, 15) is 14.0 Å². The third kappa shape index (κ3) is 3.95. The summed E-state index contributed by atoms with van der Waals surface area (Å²) in [6.45, 7) is 0.223. The van der Waals surface area contributed by atoms with Gasteiger partial charge in [-0.15, -0.1) is 11.3 Å². The molecule has 29 heavy (non-hydrogen) atoms. The van der Waals surface area contributed by atoms with E-state index in [2.05, 4.69) is 4.98 Å². The second-order valence-electron chi connectivity index (χ2n) is 6.75. The largest absolute Gasteiger partial charge is 0.340 e. The number of hydrogen-bond donors (Lipinski definition) is 0. The van der Waals surface area contributed by atoms with Crippen LogP contribution >= 0.6 is 11.3 Å². The van der Waals surface area contributed by atoms with Gasteiger partial charge in [-0.2, -0.15) is 0 Å². The van der Waals surface area contributed by atoms with Crippen LogP contribution in [0.2, 0.25) is 0 Å². The molecule has 7 heteroatoms. The molecule has 0 aliphatic carbocycles. The van der Waals surface area contributed by atoms with E-state index >= 15 is 0 Å². The van der Waals surface area contributed by atoms with E-state index in [4.69, 9.17) is 0 Å². The number of thiophene rings is 1. The fraction of sp³-hybridized carbons (Fsp3) is 0.136. The first-order valence-electron chi connectivity index (χ1n) is 9.03. The van der Waals surface area contributed by atoms with Crippen molar-refractivity contribution in [1.29, 1.82) is 0 Å². The lowest BCUT2D eigenvalue weighted by Gasteiger charge is -2.18.